The van der Waals surface area contributed by atoms with Gasteiger partial charge in [-0.2, -0.15) is 5.26 Å². The number of aliphatic hydroxyl groups is 1. The predicted octanol–water partition coefficient (Wildman–Crippen LogP) is 1.70. The van der Waals surface area contributed by atoms with Gasteiger partial charge in [0, 0.05) is 6.42 Å². The highest BCUT2D eigenvalue weighted by Gasteiger charge is 2.21. The van der Waals surface area contributed by atoms with Crippen molar-refractivity contribution in [1.82, 2.24) is 9.55 Å². The summed E-state index contributed by atoms with van der Waals surface area (Å²) in [6.45, 7) is 3.70. The Bertz CT molecular complexity index is 632. The van der Waals surface area contributed by atoms with Crippen molar-refractivity contribution in [3.8, 4) is 6.07 Å². The molecule has 0 aliphatic rings. The van der Waals surface area contributed by atoms with E-state index in [1.165, 1.54) is 0 Å². The zero-order chi connectivity index (χ0) is 14.8. The number of imidazole rings is 1. The quantitative estimate of drug-likeness (QED) is 0.885. The lowest BCUT2D eigenvalue weighted by Gasteiger charge is -2.20. The van der Waals surface area contributed by atoms with Crippen molar-refractivity contribution in [2.75, 3.05) is 5.73 Å². The predicted molar refractivity (Wildman–Crippen MR) is 76.9 cm³/mol. The van der Waals surface area contributed by atoms with Gasteiger partial charge in [-0.25, -0.2) is 4.98 Å². The second-order valence-electron chi connectivity index (χ2n) is 5.43. The molecule has 1 heterocycles. The fourth-order valence-corrected chi connectivity index (χ4v) is 2.07. The van der Waals surface area contributed by atoms with E-state index in [1.807, 2.05) is 36.4 Å². The molecule has 2 aromatic rings. The summed E-state index contributed by atoms with van der Waals surface area (Å²) in [4.78, 5) is 4.27. The number of nitriles is 1. The Morgan fingerprint density at radius 3 is 2.55 bits per heavy atom. The summed E-state index contributed by atoms with van der Waals surface area (Å²) in [5.74, 6) is 0.993. The Morgan fingerprint density at radius 2 is 2.00 bits per heavy atom. The summed E-state index contributed by atoms with van der Waals surface area (Å²) in [7, 11) is 0. The van der Waals surface area contributed by atoms with E-state index in [4.69, 9.17) is 11.0 Å². The summed E-state index contributed by atoms with van der Waals surface area (Å²) < 4.78 is 1.71. The average Bonchev–Trinajstić information content (AvgIpc) is 2.66. The van der Waals surface area contributed by atoms with Crippen LogP contribution in [0.2, 0.25) is 0 Å². The normalized spacial score (nSPS) is 11.3. The van der Waals surface area contributed by atoms with Crippen LogP contribution < -0.4 is 5.73 Å². The number of anilines is 1. The van der Waals surface area contributed by atoms with E-state index < -0.39 is 5.60 Å². The van der Waals surface area contributed by atoms with Gasteiger partial charge < -0.3 is 15.4 Å². The smallest absolute Gasteiger partial charge is 0.182 e. The zero-order valence-corrected chi connectivity index (χ0v) is 11.7. The van der Waals surface area contributed by atoms with E-state index >= 15 is 0 Å². The minimum Gasteiger partial charge on any atom is -0.389 e. The average molecular weight is 270 g/mol. The van der Waals surface area contributed by atoms with Gasteiger partial charge in [0.05, 0.1) is 12.1 Å². The Morgan fingerprint density at radius 1 is 1.35 bits per heavy atom. The fraction of sp³-hybridized carbons (Fsp3) is 0.333. The van der Waals surface area contributed by atoms with Crippen LogP contribution >= 0.6 is 0 Å². The highest BCUT2D eigenvalue weighted by molar-refractivity contribution is 5.46. The third kappa shape index (κ3) is 3.16. The summed E-state index contributed by atoms with van der Waals surface area (Å²) in [5.41, 5.74) is 6.31. The van der Waals surface area contributed by atoms with Crippen molar-refractivity contribution >= 4 is 5.82 Å². The first-order valence-corrected chi connectivity index (χ1v) is 6.42. The zero-order valence-electron chi connectivity index (χ0n) is 11.7. The van der Waals surface area contributed by atoms with Crippen molar-refractivity contribution in [2.45, 2.75) is 32.4 Å². The van der Waals surface area contributed by atoms with E-state index in [9.17, 15) is 5.11 Å². The molecule has 5 heteroatoms. The lowest BCUT2D eigenvalue weighted by atomic mass is 10.1. The van der Waals surface area contributed by atoms with Gasteiger partial charge in [-0.3, -0.25) is 0 Å². The van der Waals surface area contributed by atoms with Crippen LogP contribution in [0.5, 0.6) is 0 Å². The largest absolute Gasteiger partial charge is 0.389 e. The molecule has 5 nitrogen and oxygen atoms in total. The highest BCUT2D eigenvalue weighted by atomic mass is 16.3. The topological polar surface area (TPSA) is 87.9 Å². The molecule has 0 amide bonds. The maximum absolute atomic E-state index is 9.98. The molecule has 3 N–H and O–H groups in total. The van der Waals surface area contributed by atoms with Gasteiger partial charge in [-0.15, -0.1) is 0 Å². The second-order valence-corrected chi connectivity index (χ2v) is 5.43. The molecule has 0 aliphatic heterocycles. The maximum Gasteiger partial charge on any atom is 0.182 e. The first kappa shape index (κ1) is 14.1. The van der Waals surface area contributed by atoms with Gasteiger partial charge >= 0.3 is 0 Å². The Labute approximate surface area is 118 Å². The summed E-state index contributed by atoms with van der Waals surface area (Å²) in [5, 5.41) is 19.0. The Hall–Kier alpha value is -2.32. The molecule has 0 radical (unpaired) electrons. The SMILES string of the molecule is CC(C)(O)Cn1c(Cc2ccccc2)nc(C#N)c1N. The van der Waals surface area contributed by atoms with Gasteiger partial charge in [0.2, 0.25) is 0 Å². The third-order valence-corrected chi connectivity index (χ3v) is 2.94. The minimum atomic E-state index is -0.924. The van der Waals surface area contributed by atoms with E-state index in [2.05, 4.69) is 4.98 Å². The number of nitrogens with zero attached hydrogens (tertiary/aromatic N) is 3. The number of hydrogen-bond donors (Lipinski definition) is 2. The van der Waals surface area contributed by atoms with E-state index in [1.54, 1.807) is 18.4 Å². The van der Waals surface area contributed by atoms with Crippen LogP contribution in [0.25, 0.3) is 0 Å². The molecule has 1 aromatic carbocycles. The van der Waals surface area contributed by atoms with Crippen LogP contribution in [-0.2, 0) is 13.0 Å². The minimum absolute atomic E-state index is 0.209. The molecule has 0 fully saturated rings. The number of nitrogen functional groups attached to an aromatic ring is 1. The monoisotopic (exact) mass is 270 g/mol. The highest BCUT2D eigenvalue weighted by Crippen LogP contribution is 2.20. The van der Waals surface area contributed by atoms with E-state index in [0.717, 1.165) is 5.56 Å². The van der Waals surface area contributed by atoms with E-state index in [0.29, 0.717) is 24.6 Å². The molecule has 0 saturated carbocycles. The molecule has 0 atom stereocenters. The molecule has 20 heavy (non-hydrogen) atoms. The van der Waals surface area contributed by atoms with Crippen molar-refractivity contribution in [3.05, 3.63) is 47.4 Å². The van der Waals surface area contributed by atoms with Crippen LogP contribution in [0.4, 0.5) is 5.82 Å². The third-order valence-electron chi connectivity index (χ3n) is 2.94. The van der Waals surface area contributed by atoms with Gasteiger partial charge in [0.25, 0.3) is 0 Å². The van der Waals surface area contributed by atoms with Gasteiger partial charge in [0.1, 0.15) is 17.7 Å². The standard InChI is InChI=1S/C15H18N4O/c1-15(2,20)10-19-13(18-12(9-16)14(19)17)8-11-6-4-3-5-7-11/h3-7,20H,8,10,17H2,1-2H3. The van der Waals surface area contributed by atoms with Crippen LogP contribution in [-0.4, -0.2) is 20.3 Å². The molecule has 0 bridgehead atoms. The number of aromatic nitrogens is 2. The fourth-order valence-electron chi connectivity index (χ4n) is 2.07. The molecule has 1 aromatic heterocycles. The van der Waals surface area contributed by atoms with Crippen molar-refractivity contribution < 1.29 is 5.11 Å². The molecule has 0 unspecified atom stereocenters. The molecule has 0 aliphatic carbocycles. The first-order valence-electron chi connectivity index (χ1n) is 6.42. The van der Waals surface area contributed by atoms with Gasteiger partial charge in [-0.05, 0) is 19.4 Å². The summed E-state index contributed by atoms with van der Waals surface area (Å²) >= 11 is 0. The van der Waals surface area contributed by atoms with Crippen LogP contribution in [0.1, 0.15) is 30.9 Å². The lowest BCUT2D eigenvalue weighted by Crippen LogP contribution is -2.28. The molecule has 0 spiro atoms. The first-order chi connectivity index (χ1) is 9.40. The Balaban J connectivity index is 2.39. The van der Waals surface area contributed by atoms with Crippen molar-refractivity contribution in [3.63, 3.8) is 0 Å². The van der Waals surface area contributed by atoms with Crippen LogP contribution in [0, 0.1) is 11.3 Å². The maximum atomic E-state index is 9.98. The second kappa shape index (κ2) is 5.35. The molecule has 2 rings (SSSR count). The van der Waals surface area contributed by atoms with Gasteiger partial charge in [-0.1, -0.05) is 30.3 Å². The number of benzene rings is 1. The van der Waals surface area contributed by atoms with Gasteiger partial charge in [0.15, 0.2) is 5.69 Å². The number of rotatable bonds is 4. The molecular weight excluding hydrogens is 252 g/mol. The number of nitrogens with two attached hydrogens (primary N) is 1. The van der Waals surface area contributed by atoms with Crippen LogP contribution in [0.3, 0.4) is 0 Å². The summed E-state index contributed by atoms with van der Waals surface area (Å²) in [6, 6.07) is 11.8. The molecular formula is C15H18N4O. The van der Waals surface area contributed by atoms with E-state index in [-0.39, 0.29) is 5.69 Å². The summed E-state index contributed by atoms with van der Waals surface area (Å²) in [6.07, 6.45) is 0.572. The Kier molecular flexibility index (Phi) is 3.77. The lowest BCUT2D eigenvalue weighted by molar-refractivity contribution is 0.0613. The van der Waals surface area contributed by atoms with Crippen molar-refractivity contribution in [2.24, 2.45) is 0 Å². The molecule has 104 valence electrons. The van der Waals surface area contributed by atoms with Crippen molar-refractivity contribution in [1.29, 1.82) is 5.26 Å². The molecule has 0 saturated heterocycles. The number of hydrogen-bond acceptors (Lipinski definition) is 4. The van der Waals surface area contributed by atoms with Crippen LogP contribution in [0.15, 0.2) is 30.3 Å².